The van der Waals surface area contributed by atoms with Gasteiger partial charge in [-0.05, 0) is 53.1 Å². The maximum absolute atomic E-state index is 10.7. The Hall–Kier alpha value is -1.78. The molecule has 5 heteroatoms. The fourth-order valence-corrected chi connectivity index (χ4v) is 2.37. The zero-order chi connectivity index (χ0) is 15.9. The van der Waals surface area contributed by atoms with Gasteiger partial charge in [0.2, 0.25) is 5.24 Å². The largest absolute Gasteiger partial charge is 0.493 e. The first kappa shape index (κ1) is 16.6. The molecule has 0 bridgehead atoms. The molecule has 0 saturated carbocycles. The highest BCUT2D eigenvalue weighted by Gasteiger charge is 2.05. The maximum atomic E-state index is 10.7. The van der Waals surface area contributed by atoms with Crippen LogP contribution in [0.4, 0.5) is 0 Å². The number of hydrogen-bond acceptors (Lipinski definition) is 3. The zero-order valence-electron chi connectivity index (χ0n) is 11.9. The molecule has 0 unspecified atom stereocenters. The summed E-state index contributed by atoms with van der Waals surface area (Å²) in [7, 11) is 1.57. The normalized spacial score (nSPS) is 10.7. The van der Waals surface area contributed by atoms with Gasteiger partial charge in [-0.3, -0.25) is 4.79 Å². The van der Waals surface area contributed by atoms with Crippen molar-refractivity contribution in [2.75, 3.05) is 7.11 Å². The molecular weight excluding hydrogens is 368 g/mol. The van der Waals surface area contributed by atoms with E-state index in [0.29, 0.717) is 18.1 Å². The minimum Gasteiger partial charge on any atom is -0.493 e. The van der Waals surface area contributed by atoms with E-state index >= 15 is 0 Å². The molecule has 0 saturated heterocycles. The smallest absolute Gasteiger partial charge is 0.245 e. The quantitative estimate of drug-likeness (QED) is 0.532. The molecule has 0 heterocycles. The van der Waals surface area contributed by atoms with E-state index in [1.165, 1.54) is 6.08 Å². The number of methoxy groups -OCH3 is 1. The monoisotopic (exact) mass is 380 g/mol. The van der Waals surface area contributed by atoms with Crippen LogP contribution >= 0.6 is 27.5 Å². The predicted molar refractivity (Wildman–Crippen MR) is 91.4 cm³/mol. The van der Waals surface area contributed by atoms with E-state index in [2.05, 4.69) is 15.9 Å². The van der Waals surface area contributed by atoms with Gasteiger partial charge < -0.3 is 9.47 Å². The summed E-state index contributed by atoms with van der Waals surface area (Å²) in [6.07, 6.45) is 2.91. The van der Waals surface area contributed by atoms with Crippen LogP contribution in [0.25, 0.3) is 6.08 Å². The van der Waals surface area contributed by atoms with Crippen molar-refractivity contribution in [3.63, 3.8) is 0 Å². The molecule has 0 N–H and O–H groups in total. The third-order valence-corrected chi connectivity index (χ3v) is 3.50. The van der Waals surface area contributed by atoms with Crippen molar-refractivity contribution in [1.82, 2.24) is 0 Å². The van der Waals surface area contributed by atoms with E-state index in [1.54, 1.807) is 25.3 Å². The summed E-state index contributed by atoms with van der Waals surface area (Å²) in [6.45, 7) is 0.436. The molecule has 0 spiro atoms. The molecule has 0 aliphatic rings. The van der Waals surface area contributed by atoms with Crippen molar-refractivity contribution in [3.05, 3.63) is 64.1 Å². The molecule has 2 rings (SSSR count). The molecule has 0 radical (unpaired) electrons. The number of hydrogen-bond donors (Lipinski definition) is 0. The summed E-state index contributed by atoms with van der Waals surface area (Å²) in [6, 6.07) is 13.3. The van der Waals surface area contributed by atoms with Crippen LogP contribution in [0.15, 0.2) is 53.0 Å². The molecule has 0 fully saturated rings. The first-order valence-corrected chi connectivity index (χ1v) is 7.68. The lowest BCUT2D eigenvalue weighted by atomic mass is 10.2. The molecule has 0 amide bonds. The average molecular weight is 382 g/mol. The molecule has 22 heavy (non-hydrogen) atoms. The van der Waals surface area contributed by atoms with Crippen LogP contribution < -0.4 is 9.47 Å². The third kappa shape index (κ3) is 4.90. The fourth-order valence-electron chi connectivity index (χ4n) is 1.86. The molecule has 2 aromatic rings. The fraction of sp³-hybridized carbons (Fsp3) is 0.118. The SMILES string of the molecule is COc1cc(/C=C/C(=O)Cl)ccc1OCc1cccc(Br)c1. The molecule has 0 atom stereocenters. The van der Waals surface area contributed by atoms with Crippen molar-refractivity contribution < 1.29 is 14.3 Å². The molecule has 114 valence electrons. The third-order valence-electron chi connectivity index (χ3n) is 2.88. The van der Waals surface area contributed by atoms with Crippen LogP contribution in [0.3, 0.4) is 0 Å². The van der Waals surface area contributed by atoms with E-state index in [9.17, 15) is 4.79 Å². The van der Waals surface area contributed by atoms with Gasteiger partial charge in [0.05, 0.1) is 7.11 Å². The van der Waals surface area contributed by atoms with Crippen molar-refractivity contribution in [3.8, 4) is 11.5 Å². The Morgan fingerprint density at radius 3 is 2.73 bits per heavy atom. The Kier molecular flexibility index (Phi) is 6.04. The summed E-state index contributed by atoms with van der Waals surface area (Å²) in [5.74, 6) is 1.23. The predicted octanol–water partition coefficient (Wildman–Crippen LogP) is 4.82. The molecular formula is C17H14BrClO3. The van der Waals surface area contributed by atoms with Gasteiger partial charge in [0.25, 0.3) is 0 Å². The average Bonchev–Trinajstić information content (AvgIpc) is 2.51. The van der Waals surface area contributed by atoms with Crippen LogP contribution in [-0.4, -0.2) is 12.4 Å². The minimum atomic E-state index is -0.519. The van der Waals surface area contributed by atoms with Gasteiger partial charge in [0.15, 0.2) is 11.5 Å². The number of carbonyl (C=O) groups excluding carboxylic acids is 1. The molecule has 2 aromatic carbocycles. The van der Waals surface area contributed by atoms with E-state index in [0.717, 1.165) is 15.6 Å². The van der Waals surface area contributed by atoms with E-state index in [4.69, 9.17) is 21.1 Å². The van der Waals surface area contributed by atoms with E-state index < -0.39 is 5.24 Å². The summed E-state index contributed by atoms with van der Waals surface area (Å²) < 4.78 is 12.1. The minimum absolute atomic E-state index is 0.436. The Labute approximate surface area is 142 Å². The van der Waals surface area contributed by atoms with Gasteiger partial charge in [-0.25, -0.2) is 0 Å². The number of rotatable bonds is 6. The highest BCUT2D eigenvalue weighted by Crippen LogP contribution is 2.29. The second kappa shape index (κ2) is 8.01. The van der Waals surface area contributed by atoms with Gasteiger partial charge in [-0.2, -0.15) is 0 Å². The van der Waals surface area contributed by atoms with Gasteiger partial charge in [0.1, 0.15) is 6.61 Å². The Bertz CT molecular complexity index is 698. The lowest BCUT2D eigenvalue weighted by molar-refractivity contribution is -0.107. The second-order valence-corrected chi connectivity index (χ2v) is 5.75. The second-order valence-electron chi connectivity index (χ2n) is 4.47. The van der Waals surface area contributed by atoms with Gasteiger partial charge >= 0.3 is 0 Å². The standard InChI is InChI=1S/C17H14BrClO3/c1-21-16-10-12(6-8-17(19)20)5-7-15(16)22-11-13-3-2-4-14(18)9-13/h2-10H,11H2,1H3/b8-6+. The Morgan fingerprint density at radius 2 is 2.05 bits per heavy atom. The topological polar surface area (TPSA) is 35.5 Å². The first-order chi connectivity index (χ1) is 10.6. The number of carbonyl (C=O) groups is 1. The highest BCUT2D eigenvalue weighted by molar-refractivity contribution is 9.10. The molecule has 3 nitrogen and oxygen atoms in total. The highest BCUT2D eigenvalue weighted by atomic mass is 79.9. The van der Waals surface area contributed by atoms with Crippen LogP contribution in [0.2, 0.25) is 0 Å². The van der Waals surface area contributed by atoms with E-state index in [1.807, 2.05) is 30.3 Å². The lowest BCUT2D eigenvalue weighted by Crippen LogP contribution is -1.98. The van der Waals surface area contributed by atoms with Crippen molar-refractivity contribution >= 4 is 38.8 Å². The van der Waals surface area contributed by atoms with Crippen molar-refractivity contribution in [1.29, 1.82) is 0 Å². The number of ether oxygens (including phenoxy) is 2. The van der Waals surface area contributed by atoms with Crippen molar-refractivity contribution in [2.45, 2.75) is 6.61 Å². The van der Waals surface area contributed by atoms with Crippen LogP contribution in [0, 0.1) is 0 Å². The first-order valence-electron chi connectivity index (χ1n) is 6.51. The molecule has 0 aromatic heterocycles. The number of allylic oxidation sites excluding steroid dienone is 1. The molecule has 0 aliphatic carbocycles. The summed E-state index contributed by atoms with van der Waals surface area (Å²) in [4.78, 5) is 10.7. The van der Waals surface area contributed by atoms with Crippen molar-refractivity contribution in [2.24, 2.45) is 0 Å². The number of halogens is 2. The van der Waals surface area contributed by atoms with Gasteiger partial charge in [0, 0.05) is 4.47 Å². The van der Waals surface area contributed by atoms with Crippen LogP contribution in [-0.2, 0) is 11.4 Å². The summed E-state index contributed by atoms with van der Waals surface area (Å²) >= 11 is 8.71. The summed E-state index contributed by atoms with van der Waals surface area (Å²) in [5, 5.41) is -0.519. The van der Waals surface area contributed by atoms with Crippen LogP contribution in [0.5, 0.6) is 11.5 Å². The van der Waals surface area contributed by atoms with Crippen LogP contribution in [0.1, 0.15) is 11.1 Å². The van der Waals surface area contributed by atoms with Gasteiger partial charge in [-0.1, -0.05) is 40.2 Å². The van der Waals surface area contributed by atoms with Gasteiger partial charge in [-0.15, -0.1) is 0 Å². The van der Waals surface area contributed by atoms with E-state index in [-0.39, 0.29) is 0 Å². The zero-order valence-corrected chi connectivity index (χ0v) is 14.2. The number of benzene rings is 2. The summed E-state index contributed by atoms with van der Waals surface area (Å²) in [5.41, 5.74) is 1.86. The maximum Gasteiger partial charge on any atom is 0.245 e. The Morgan fingerprint density at radius 1 is 1.23 bits per heavy atom. The molecule has 0 aliphatic heterocycles. The Balaban J connectivity index is 2.12. The lowest BCUT2D eigenvalue weighted by Gasteiger charge is -2.11.